The van der Waals surface area contributed by atoms with Crippen molar-refractivity contribution < 1.29 is 19.3 Å². The van der Waals surface area contributed by atoms with E-state index in [0.717, 1.165) is 22.6 Å². The van der Waals surface area contributed by atoms with Gasteiger partial charge in [0.2, 0.25) is 6.54 Å². The van der Waals surface area contributed by atoms with Crippen molar-refractivity contribution in [1.82, 2.24) is 0 Å². The van der Waals surface area contributed by atoms with Crippen LogP contribution in [0.5, 0.6) is 0 Å². The third-order valence-corrected chi connectivity index (χ3v) is 5.26. The Labute approximate surface area is 156 Å². The molecule has 2 aromatic rings. The van der Waals surface area contributed by atoms with Crippen LogP contribution in [-0.2, 0) is 16.0 Å². The van der Waals surface area contributed by atoms with E-state index in [2.05, 4.69) is 0 Å². The third kappa shape index (κ3) is 4.85. The molecule has 0 bridgehead atoms. The first-order valence-corrected chi connectivity index (χ1v) is 9.46. The fraction of sp³-hybridized carbons (Fsp3) is 0.333. The van der Waals surface area contributed by atoms with E-state index < -0.39 is 18.1 Å². The quantitative estimate of drug-likeness (QED) is 0.239. The van der Waals surface area contributed by atoms with Gasteiger partial charge in [0.05, 0.1) is 6.61 Å². The fourth-order valence-corrected chi connectivity index (χ4v) is 3.94. The largest absolute Gasteiger partial charge is 0.493 e. The van der Waals surface area contributed by atoms with E-state index >= 15 is 0 Å². The molecule has 6 nitrogen and oxygen atoms in total. The van der Waals surface area contributed by atoms with Crippen LogP contribution >= 0.6 is 11.8 Å². The van der Waals surface area contributed by atoms with Crippen LogP contribution in [-0.4, -0.2) is 36.0 Å². The lowest BCUT2D eigenvalue weighted by atomic mass is 9.79. The molecule has 2 aromatic carbocycles. The van der Waals surface area contributed by atoms with Crippen molar-refractivity contribution in [1.29, 1.82) is 0 Å². The van der Waals surface area contributed by atoms with Gasteiger partial charge in [-0.15, -0.1) is 11.8 Å². The summed E-state index contributed by atoms with van der Waals surface area (Å²) < 4.78 is 11.0. The van der Waals surface area contributed by atoms with Gasteiger partial charge in [0, 0.05) is 27.6 Å². The molecule has 1 atom stereocenters. The van der Waals surface area contributed by atoms with Crippen molar-refractivity contribution in [2.24, 2.45) is 0 Å². The highest BCUT2D eigenvalue weighted by Gasteiger charge is 2.39. The Kier molecular flexibility index (Phi) is 6.68. The minimum absolute atomic E-state index is 0.342. The van der Waals surface area contributed by atoms with Gasteiger partial charge in [-0.1, -0.05) is 42.5 Å². The van der Waals surface area contributed by atoms with Gasteiger partial charge in [0.25, 0.3) is 0 Å². The minimum Gasteiger partial charge on any atom is -0.423 e. The van der Waals surface area contributed by atoms with Crippen LogP contribution in [0, 0.1) is 10.1 Å². The van der Waals surface area contributed by atoms with Crippen molar-refractivity contribution in [2.45, 2.75) is 24.0 Å². The van der Waals surface area contributed by atoms with E-state index in [9.17, 15) is 15.1 Å². The van der Waals surface area contributed by atoms with E-state index in [-0.39, 0.29) is 6.54 Å². The van der Waals surface area contributed by atoms with Crippen molar-refractivity contribution >= 4 is 24.3 Å². The minimum atomic E-state index is -1.10. The van der Waals surface area contributed by atoms with Crippen molar-refractivity contribution in [3.8, 4) is 0 Å². The van der Waals surface area contributed by atoms with E-state index in [0.29, 0.717) is 24.2 Å². The topological polar surface area (TPSA) is 81.8 Å². The number of hydrogen-bond acceptors (Lipinski definition) is 6. The van der Waals surface area contributed by atoms with Crippen LogP contribution in [0.25, 0.3) is 0 Å². The molecule has 8 heteroatoms. The molecule has 0 amide bonds. The summed E-state index contributed by atoms with van der Waals surface area (Å²) in [6.45, 7) is 0.910. The maximum absolute atomic E-state index is 10.8. The van der Waals surface area contributed by atoms with Gasteiger partial charge in [-0.2, -0.15) is 0 Å². The van der Waals surface area contributed by atoms with Gasteiger partial charge in [-0.3, -0.25) is 10.1 Å². The molecule has 1 unspecified atom stereocenters. The Morgan fingerprint density at radius 3 is 2.81 bits per heavy atom. The van der Waals surface area contributed by atoms with Gasteiger partial charge in [-0.05, 0) is 23.6 Å². The number of ether oxygens (including phenoxy) is 1. The Hall–Kier alpha value is -1.87. The number of nitro groups is 1. The standard InChI is InChI=1S/C18H20BNO5S/c21-19-18-15(16(25-19)12-20(22)23)8-4-9-17(18)26-11-5-10-24-13-14-6-2-1-3-7-14/h1-4,6-9,16,21H,5,10-13H2. The number of nitrogens with zero attached hydrogens (tertiary/aromatic N) is 1. The van der Waals surface area contributed by atoms with Crippen LogP contribution in [0.4, 0.5) is 0 Å². The zero-order valence-corrected chi connectivity index (χ0v) is 15.1. The molecule has 26 heavy (non-hydrogen) atoms. The first-order valence-electron chi connectivity index (χ1n) is 8.47. The number of benzene rings is 2. The van der Waals surface area contributed by atoms with E-state index in [4.69, 9.17) is 9.39 Å². The zero-order valence-electron chi connectivity index (χ0n) is 14.2. The van der Waals surface area contributed by atoms with E-state index in [1.165, 1.54) is 0 Å². The van der Waals surface area contributed by atoms with Gasteiger partial charge >= 0.3 is 7.12 Å². The van der Waals surface area contributed by atoms with Crippen molar-refractivity contribution in [3.63, 3.8) is 0 Å². The Morgan fingerprint density at radius 2 is 2.04 bits per heavy atom. The van der Waals surface area contributed by atoms with Crippen molar-refractivity contribution in [3.05, 3.63) is 69.8 Å². The number of fused-ring (bicyclic) bond motifs is 1. The molecule has 0 radical (unpaired) electrons. The third-order valence-electron chi connectivity index (χ3n) is 4.10. The summed E-state index contributed by atoms with van der Waals surface area (Å²) in [5, 5.41) is 20.9. The summed E-state index contributed by atoms with van der Waals surface area (Å²) >= 11 is 1.61. The lowest BCUT2D eigenvalue weighted by Gasteiger charge is -2.09. The maximum atomic E-state index is 10.8. The molecule has 3 rings (SSSR count). The highest BCUT2D eigenvalue weighted by atomic mass is 32.2. The number of rotatable bonds is 9. The summed E-state index contributed by atoms with van der Waals surface area (Å²) in [5.41, 5.74) is 2.52. The molecule has 0 fully saturated rings. The molecular formula is C18H20BNO5S. The molecule has 1 N–H and O–H groups in total. The zero-order chi connectivity index (χ0) is 18.4. The predicted molar refractivity (Wildman–Crippen MR) is 101 cm³/mol. The molecule has 136 valence electrons. The smallest absolute Gasteiger partial charge is 0.423 e. The lowest BCUT2D eigenvalue weighted by Crippen LogP contribution is -2.30. The van der Waals surface area contributed by atoms with Crippen LogP contribution in [0.1, 0.15) is 23.7 Å². The lowest BCUT2D eigenvalue weighted by molar-refractivity contribution is -0.490. The molecule has 1 aliphatic heterocycles. The first-order chi connectivity index (χ1) is 12.6. The number of hydrogen-bond donors (Lipinski definition) is 1. The van der Waals surface area contributed by atoms with Crippen LogP contribution < -0.4 is 5.46 Å². The van der Waals surface area contributed by atoms with E-state index in [1.807, 2.05) is 42.5 Å². The highest BCUT2D eigenvalue weighted by Crippen LogP contribution is 2.29. The summed E-state index contributed by atoms with van der Waals surface area (Å²) in [6, 6.07) is 15.6. The number of thioether (sulfide) groups is 1. The second-order valence-corrected chi connectivity index (χ2v) is 7.13. The molecule has 0 saturated carbocycles. The molecule has 0 aromatic heterocycles. The average Bonchev–Trinajstić information content (AvgIpc) is 2.95. The summed E-state index contributed by atoms with van der Waals surface area (Å²) in [4.78, 5) is 11.2. The summed E-state index contributed by atoms with van der Waals surface area (Å²) in [5.74, 6) is 0.831. The van der Waals surface area contributed by atoms with Crippen LogP contribution in [0.2, 0.25) is 0 Å². The Morgan fingerprint density at radius 1 is 1.23 bits per heavy atom. The van der Waals surface area contributed by atoms with Crippen LogP contribution in [0.15, 0.2) is 53.4 Å². The molecule has 1 aliphatic rings. The van der Waals surface area contributed by atoms with Gasteiger partial charge in [0.15, 0.2) is 0 Å². The van der Waals surface area contributed by atoms with Gasteiger partial charge < -0.3 is 14.4 Å². The SMILES string of the molecule is O=[N+]([O-])CC1OB(O)c2c(SCCCOCc3ccccc3)cccc21. The highest BCUT2D eigenvalue weighted by molar-refractivity contribution is 7.99. The van der Waals surface area contributed by atoms with Crippen molar-refractivity contribution in [2.75, 3.05) is 18.9 Å². The fourth-order valence-electron chi connectivity index (χ4n) is 2.91. The molecule has 0 spiro atoms. The molecule has 0 saturated heterocycles. The average molecular weight is 373 g/mol. The van der Waals surface area contributed by atoms with Gasteiger partial charge in [0.1, 0.15) is 6.10 Å². The van der Waals surface area contributed by atoms with E-state index in [1.54, 1.807) is 17.8 Å². The second-order valence-electron chi connectivity index (χ2n) is 5.99. The monoisotopic (exact) mass is 373 g/mol. The molecular weight excluding hydrogens is 353 g/mol. The normalized spacial score (nSPS) is 15.9. The Bertz CT molecular complexity index is 746. The molecule has 0 aliphatic carbocycles. The van der Waals surface area contributed by atoms with Crippen LogP contribution in [0.3, 0.4) is 0 Å². The first kappa shape index (κ1) is 18.9. The summed E-state index contributed by atoms with van der Waals surface area (Å²) in [7, 11) is -1.10. The second kappa shape index (κ2) is 9.18. The predicted octanol–water partition coefficient (Wildman–Crippen LogP) is 2.42. The molecule has 1 heterocycles. The van der Waals surface area contributed by atoms with Gasteiger partial charge in [-0.25, -0.2) is 0 Å². The maximum Gasteiger partial charge on any atom is 0.493 e. The summed E-state index contributed by atoms with van der Waals surface area (Å²) in [6.07, 6.45) is 0.181. The Balaban J connectivity index is 1.48.